The molecule has 0 saturated carbocycles. The van der Waals surface area contributed by atoms with Gasteiger partial charge in [-0.25, -0.2) is 8.42 Å². The van der Waals surface area contributed by atoms with Crippen LogP contribution >= 0.6 is 0 Å². The van der Waals surface area contributed by atoms with Gasteiger partial charge in [-0.3, -0.25) is 4.79 Å². The lowest BCUT2D eigenvalue weighted by Gasteiger charge is -2.23. The van der Waals surface area contributed by atoms with Gasteiger partial charge in [0.15, 0.2) is 0 Å². The predicted molar refractivity (Wildman–Crippen MR) is 88.9 cm³/mol. The molecule has 5 nitrogen and oxygen atoms in total. The molecule has 0 saturated heterocycles. The van der Waals surface area contributed by atoms with Gasteiger partial charge in [0.05, 0.1) is 17.7 Å². The molecule has 0 N–H and O–H groups in total. The van der Waals surface area contributed by atoms with E-state index in [9.17, 15) is 13.2 Å². The van der Waals surface area contributed by atoms with Crippen molar-refractivity contribution in [2.45, 2.75) is 11.8 Å². The van der Waals surface area contributed by atoms with E-state index in [0.717, 1.165) is 4.31 Å². The van der Waals surface area contributed by atoms with E-state index < -0.39 is 15.9 Å². The fourth-order valence-corrected chi connectivity index (χ4v) is 3.44. The smallest absolute Gasteiger partial charge is 0.271 e. The second-order valence-corrected chi connectivity index (χ2v) is 6.65. The number of hydrogen-bond donors (Lipinski definition) is 0. The van der Waals surface area contributed by atoms with E-state index in [1.807, 2.05) is 0 Å². The second-order valence-electron chi connectivity index (χ2n) is 4.87. The summed E-state index contributed by atoms with van der Waals surface area (Å²) in [5.41, 5.74) is 0.350. The van der Waals surface area contributed by atoms with Gasteiger partial charge >= 0.3 is 0 Å². The average Bonchev–Trinajstić information content (AvgIpc) is 2.56. The molecule has 23 heavy (non-hydrogen) atoms. The topological polar surface area (TPSA) is 63.7 Å². The van der Waals surface area contributed by atoms with Crippen LogP contribution in [-0.4, -0.2) is 21.4 Å². The maximum absolute atomic E-state index is 12.9. The molecule has 0 atom stereocenters. The molecule has 6 heteroatoms. The Morgan fingerprint density at radius 3 is 2.09 bits per heavy atom. The summed E-state index contributed by atoms with van der Waals surface area (Å²) in [5.74, 6) is -0.118. The van der Waals surface area contributed by atoms with Crippen molar-refractivity contribution in [2.24, 2.45) is 0 Å². The third-order valence-electron chi connectivity index (χ3n) is 3.14. The van der Waals surface area contributed by atoms with Gasteiger partial charge in [-0.05, 0) is 43.3 Å². The molecule has 2 aromatic carbocycles. The summed E-state index contributed by atoms with van der Waals surface area (Å²) in [6, 6.07) is 14.0. The van der Waals surface area contributed by atoms with E-state index in [-0.39, 0.29) is 16.2 Å². The Balaban J connectivity index is 2.58. The highest BCUT2D eigenvalue weighted by atomic mass is 32.2. The molecule has 0 aliphatic carbocycles. The molecule has 0 aromatic heterocycles. The average molecular weight is 331 g/mol. The molecule has 0 unspecified atom stereocenters. The number of benzene rings is 2. The van der Waals surface area contributed by atoms with Crippen LogP contribution in [0.3, 0.4) is 0 Å². The molecular formula is C17H17NO4S. The number of hydrogen-bond acceptors (Lipinski definition) is 4. The van der Waals surface area contributed by atoms with Crippen LogP contribution in [-0.2, 0) is 14.8 Å². The SMILES string of the molecule is C=C(C)C(=O)N(c1ccc(OC)cc1)S(=O)(=O)c1ccccc1. The van der Waals surface area contributed by atoms with Crippen molar-refractivity contribution in [3.8, 4) is 5.75 Å². The number of anilines is 1. The van der Waals surface area contributed by atoms with Crippen molar-refractivity contribution in [3.63, 3.8) is 0 Å². The molecular weight excluding hydrogens is 314 g/mol. The van der Waals surface area contributed by atoms with Gasteiger partial charge in [0.25, 0.3) is 15.9 Å². The van der Waals surface area contributed by atoms with Crippen molar-refractivity contribution in [1.29, 1.82) is 0 Å². The van der Waals surface area contributed by atoms with E-state index in [2.05, 4.69) is 6.58 Å². The quantitative estimate of drug-likeness (QED) is 0.790. The summed E-state index contributed by atoms with van der Waals surface area (Å²) in [4.78, 5) is 12.5. The van der Waals surface area contributed by atoms with Crippen molar-refractivity contribution >= 4 is 21.6 Å². The fourth-order valence-electron chi connectivity index (χ4n) is 1.95. The highest BCUT2D eigenvalue weighted by molar-refractivity contribution is 7.93. The molecule has 0 heterocycles. The number of amides is 1. The molecule has 0 aliphatic heterocycles. The third kappa shape index (κ3) is 3.43. The van der Waals surface area contributed by atoms with Gasteiger partial charge < -0.3 is 4.74 Å². The Hall–Kier alpha value is -2.60. The third-order valence-corrected chi connectivity index (χ3v) is 4.86. The molecule has 2 aromatic rings. The Kier molecular flexibility index (Phi) is 4.86. The molecule has 120 valence electrons. The van der Waals surface area contributed by atoms with Gasteiger partial charge in [-0.1, -0.05) is 24.8 Å². The van der Waals surface area contributed by atoms with E-state index >= 15 is 0 Å². The number of carbonyl (C=O) groups excluding carboxylic acids is 1. The summed E-state index contributed by atoms with van der Waals surface area (Å²) in [6.07, 6.45) is 0. The van der Waals surface area contributed by atoms with Gasteiger partial charge in [0, 0.05) is 5.57 Å². The lowest BCUT2D eigenvalue weighted by Crippen LogP contribution is -2.37. The normalized spacial score (nSPS) is 10.9. The standard InChI is InChI=1S/C17H17NO4S/c1-13(2)17(19)18(14-9-11-15(22-3)12-10-14)23(20,21)16-7-5-4-6-8-16/h4-12H,1H2,2-3H3. The van der Waals surface area contributed by atoms with E-state index in [1.54, 1.807) is 30.3 Å². The number of rotatable bonds is 5. The molecule has 1 amide bonds. The lowest BCUT2D eigenvalue weighted by atomic mass is 10.2. The van der Waals surface area contributed by atoms with Crippen molar-refractivity contribution in [2.75, 3.05) is 11.4 Å². The van der Waals surface area contributed by atoms with Crippen LogP contribution in [0.25, 0.3) is 0 Å². The van der Waals surface area contributed by atoms with Crippen LogP contribution in [0.4, 0.5) is 5.69 Å². The first-order valence-electron chi connectivity index (χ1n) is 6.82. The van der Waals surface area contributed by atoms with Crippen LogP contribution < -0.4 is 9.04 Å². The zero-order valence-electron chi connectivity index (χ0n) is 12.9. The largest absolute Gasteiger partial charge is 0.497 e. The van der Waals surface area contributed by atoms with Crippen molar-refractivity contribution in [1.82, 2.24) is 0 Å². The Labute approximate surface area is 135 Å². The fraction of sp³-hybridized carbons (Fsp3) is 0.118. The van der Waals surface area contributed by atoms with Gasteiger partial charge in [0.1, 0.15) is 5.75 Å². The number of nitrogens with zero attached hydrogens (tertiary/aromatic N) is 1. The van der Waals surface area contributed by atoms with Crippen molar-refractivity contribution < 1.29 is 17.9 Å². The minimum absolute atomic E-state index is 0.0328. The number of carbonyl (C=O) groups is 1. The van der Waals surface area contributed by atoms with Crippen LogP contribution in [0.15, 0.2) is 71.6 Å². The second kappa shape index (κ2) is 6.66. The maximum atomic E-state index is 12.9. The summed E-state index contributed by atoms with van der Waals surface area (Å²) < 4.78 is 31.5. The molecule has 0 spiro atoms. The highest BCUT2D eigenvalue weighted by Crippen LogP contribution is 2.27. The number of ether oxygens (including phenoxy) is 1. The summed E-state index contributed by atoms with van der Waals surface area (Å²) in [7, 11) is -2.53. The van der Waals surface area contributed by atoms with Crippen molar-refractivity contribution in [3.05, 3.63) is 66.7 Å². The number of methoxy groups -OCH3 is 1. The van der Waals surface area contributed by atoms with Crippen LogP contribution in [0.2, 0.25) is 0 Å². The zero-order valence-corrected chi connectivity index (χ0v) is 13.7. The van der Waals surface area contributed by atoms with Crippen LogP contribution in [0, 0.1) is 0 Å². The van der Waals surface area contributed by atoms with E-state index in [0.29, 0.717) is 5.75 Å². The summed E-state index contributed by atoms with van der Waals surface area (Å²) >= 11 is 0. The number of sulfonamides is 1. The molecule has 0 aliphatic rings. The monoisotopic (exact) mass is 331 g/mol. The maximum Gasteiger partial charge on any atom is 0.271 e. The minimum Gasteiger partial charge on any atom is -0.497 e. The molecule has 0 bridgehead atoms. The predicted octanol–water partition coefficient (Wildman–Crippen LogP) is 2.99. The lowest BCUT2D eigenvalue weighted by molar-refractivity contribution is -0.113. The van der Waals surface area contributed by atoms with Gasteiger partial charge in [-0.2, -0.15) is 4.31 Å². The first kappa shape index (κ1) is 16.8. The Morgan fingerprint density at radius 1 is 1.04 bits per heavy atom. The van der Waals surface area contributed by atoms with E-state index in [1.165, 1.54) is 38.3 Å². The van der Waals surface area contributed by atoms with Gasteiger partial charge in [-0.15, -0.1) is 0 Å². The van der Waals surface area contributed by atoms with Crippen LogP contribution in [0.5, 0.6) is 5.75 Å². The Morgan fingerprint density at radius 2 is 1.61 bits per heavy atom. The van der Waals surface area contributed by atoms with Gasteiger partial charge in [0.2, 0.25) is 0 Å². The zero-order chi connectivity index (χ0) is 17.0. The Bertz CT molecular complexity index is 811. The minimum atomic E-state index is -4.04. The van der Waals surface area contributed by atoms with E-state index in [4.69, 9.17) is 4.74 Å². The molecule has 0 fully saturated rings. The first-order valence-corrected chi connectivity index (χ1v) is 8.26. The highest BCUT2D eigenvalue weighted by Gasteiger charge is 2.31. The molecule has 0 radical (unpaired) electrons. The van der Waals surface area contributed by atoms with Crippen LogP contribution in [0.1, 0.15) is 6.92 Å². The summed E-state index contributed by atoms with van der Waals surface area (Å²) in [6.45, 7) is 5.03. The molecule has 2 rings (SSSR count). The summed E-state index contributed by atoms with van der Waals surface area (Å²) in [5, 5.41) is 0. The first-order chi connectivity index (χ1) is 10.9.